The van der Waals surface area contributed by atoms with E-state index in [1.165, 1.54) is 81.3 Å². The topological polar surface area (TPSA) is 0 Å². The van der Waals surface area contributed by atoms with Crippen LogP contribution in [0.15, 0.2) is 152 Å². The van der Waals surface area contributed by atoms with Crippen molar-refractivity contribution in [2.75, 3.05) is 0 Å². The summed E-state index contributed by atoms with van der Waals surface area (Å²) in [7, 11) is -0.796. The van der Waals surface area contributed by atoms with Crippen LogP contribution in [0.3, 0.4) is 0 Å². The monoisotopic (exact) mass is 536 g/mol. The van der Waals surface area contributed by atoms with Gasteiger partial charge in [-0.1, -0.05) is 127 Å². The molecule has 8 aromatic rings. The Morgan fingerprint density at radius 2 is 0.805 bits per heavy atom. The average Bonchev–Trinajstić information content (AvgIpc) is 3.34. The fourth-order valence-electron chi connectivity index (χ4n) is 6.78. The molecule has 0 nitrogen and oxygen atoms in total. The minimum absolute atomic E-state index is 0.796. The molecule has 0 aliphatic heterocycles. The Morgan fingerprint density at radius 3 is 1.37 bits per heavy atom. The van der Waals surface area contributed by atoms with Crippen LogP contribution in [0, 0.1) is 0 Å². The molecule has 0 amide bonds. The van der Waals surface area contributed by atoms with E-state index in [2.05, 4.69) is 152 Å². The third-order valence-electron chi connectivity index (χ3n) is 8.71. The van der Waals surface area contributed by atoms with Crippen LogP contribution in [-0.4, -0.2) is 0 Å². The Balaban J connectivity index is 1.33. The Hall–Kier alpha value is -4.77. The lowest BCUT2D eigenvalue weighted by atomic mass is 9.99. The van der Waals surface area contributed by atoms with Gasteiger partial charge in [0.1, 0.15) is 0 Å². The van der Waals surface area contributed by atoms with Crippen molar-refractivity contribution in [3.63, 3.8) is 0 Å². The minimum Gasteiger partial charge on any atom is -0.0616 e. The molecular formula is C40H25P. The van der Waals surface area contributed by atoms with Crippen LogP contribution in [-0.2, 0) is 0 Å². The normalized spacial score (nSPS) is 12.1. The maximum absolute atomic E-state index is 2.42. The van der Waals surface area contributed by atoms with Crippen molar-refractivity contribution in [1.29, 1.82) is 0 Å². The Kier molecular flexibility index (Phi) is 4.97. The summed E-state index contributed by atoms with van der Waals surface area (Å²) in [6.07, 6.45) is 0. The summed E-state index contributed by atoms with van der Waals surface area (Å²) in [5, 5.41) is 14.7. The lowest BCUT2D eigenvalue weighted by Gasteiger charge is -2.23. The minimum atomic E-state index is -0.796. The molecule has 9 rings (SSSR count). The van der Waals surface area contributed by atoms with E-state index in [1.54, 1.807) is 0 Å². The zero-order valence-electron chi connectivity index (χ0n) is 22.4. The predicted molar refractivity (Wildman–Crippen MR) is 180 cm³/mol. The smallest absolute Gasteiger partial charge is 0.00197 e. The second-order valence-electron chi connectivity index (χ2n) is 11.0. The maximum atomic E-state index is 2.42. The molecule has 0 atom stereocenters. The van der Waals surface area contributed by atoms with Crippen molar-refractivity contribution < 1.29 is 0 Å². The Bertz CT molecular complexity index is 2200. The Morgan fingerprint density at radius 1 is 0.317 bits per heavy atom. The molecule has 0 fully saturated rings. The molecule has 1 heteroatoms. The van der Waals surface area contributed by atoms with Gasteiger partial charge in [-0.25, -0.2) is 0 Å². The lowest BCUT2D eigenvalue weighted by Crippen LogP contribution is -2.21. The third kappa shape index (κ3) is 3.51. The molecular weight excluding hydrogens is 511 g/mol. The fraction of sp³-hybridized carbons (Fsp3) is 0. The number of benzene rings is 8. The first-order chi connectivity index (χ1) is 20.3. The lowest BCUT2D eigenvalue weighted by molar-refractivity contribution is 1.73. The molecule has 41 heavy (non-hydrogen) atoms. The molecule has 0 aromatic heterocycles. The van der Waals surface area contributed by atoms with E-state index < -0.39 is 7.92 Å². The van der Waals surface area contributed by atoms with E-state index in [1.807, 2.05) is 0 Å². The highest BCUT2D eigenvalue weighted by atomic mass is 31.1. The van der Waals surface area contributed by atoms with Gasteiger partial charge in [0, 0.05) is 0 Å². The summed E-state index contributed by atoms with van der Waals surface area (Å²) in [5.74, 6) is 0. The molecule has 1 aliphatic rings. The zero-order valence-corrected chi connectivity index (χ0v) is 23.3. The maximum Gasteiger partial charge on any atom is -0.00197 e. The molecule has 190 valence electrons. The molecule has 0 N–H and O–H groups in total. The first kappa shape index (κ1) is 23.0. The first-order valence-corrected chi connectivity index (χ1v) is 15.5. The second kappa shape index (κ2) is 8.87. The van der Waals surface area contributed by atoms with Crippen LogP contribution in [0.4, 0.5) is 0 Å². The van der Waals surface area contributed by atoms with Gasteiger partial charge in [0.05, 0.1) is 0 Å². The summed E-state index contributed by atoms with van der Waals surface area (Å²) in [4.78, 5) is 0. The van der Waals surface area contributed by atoms with Gasteiger partial charge in [0.25, 0.3) is 0 Å². The number of rotatable bonds is 3. The van der Waals surface area contributed by atoms with Crippen molar-refractivity contribution in [3.05, 3.63) is 152 Å². The van der Waals surface area contributed by atoms with Crippen LogP contribution < -0.4 is 15.9 Å². The fourth-order valence-corrected chi connectivity index (χ4v) is 9.27. The summed E-state index contributed by atoms with van der Waals surface area (Å²) in [5.41, 5.74) is 5.41. The van der Waals surface area contributed by atoms with Gasteiger partial charge in [0.2, 0.25) is 0 Å². The summed E-state index contributed by atoms with van der Waals surface area (Å²) in [6.45, 7) is 0. The largest absolute Gasteiger partial charge is 0.0616 e. The number of hydrogen-bond donors (Lipinski definition) is 0. The SMILES string of the molecule is c1ccc2cc(P(c3ccc4ccccc4c3)c3ccc4c5c(cccc35)-c3cc5ccccc5cc3-4)ccc2c1. The highest BCUT2D eigenvalue weighted by Crippen LogP contribution is 2.50. The van der Waals surface area contributed by atoms with Crippen molar-refractivity contribution in [2.24, 2.45) is 0 Å². The Labute approximate surface area is 240 Å². The van der Waals surface area contributed by atoms with Gasteiger partial charge in [-0.2, -0.15) is 0 Å². The predicted octanol–water partition coefficient (Wildman–Crippen LogP) is 9.70. The standard InChI is InChI=1S/C40H25P/c1-3-10-28-22-32(18-16-26(28)8-1)41(33-19-17-27-9-2-4-11-29(27)23-33)39-21-20-35-38-25-31-13-6-5-12-30(31)24-37(38)34-14-7-15-36(39)40(34)35/h1-25H. The van der Waals surface area contributed by atoms with Gasteiger partial charge in [0.15, 0.2) is 0 Å². The third-order valence-corrected chi connectivity index (χ3v) is 11.2. The molecule has 0 spiro atoms. The van der Waals surface area contributed by atoms with Crippen LogP contribution in [0.2, 0.25) is 0 Å². The quantitative estimate of drug-likeness (QED) is 0.197. The first-order valence-electron chi connectivity index (χ1n) is 14.2. The average molecular weight is 537 g/mol. The van der Waals surface area contributed by atoms with E-state index in [0.717, 1.165) is 0 Å². The highest BCUT2D eigenvalue weighted by Gasteiger charge is 2.26. The van der Waals surface area contributed by atoms with E-state index >= 15 is 0 Å². The van der Waals surface area contributed by atoms with Crippen LogP contribution >= 0.6 is 7.92 Å². The van der Waals surface area contributed by atoms with Crippen molar-refractivity contribution in [2.45, 2.75) is 0 Å². The number of hydrogen-bond acceptors (Lipinski definition) is 0. The van der Waals surface area contributed by atoms with Gasteiger partial charge in [-0.15, -0.1) is 0 Å². The molecule has 0 heterocycles. The van der Waals surface area contributed by atoms with Crippen LogP contribution in [0.5, 0.6) is 0 Å². The van der Waals surface area contributed by atoms with E-state index in [-0.39, 0.29) is 0 Å². The van der Waals surface area contributed by atoms with Crippen molar-refractivity contribution in [1.82, 2.24) is 0 Å². The molecule has 1 aliphatic carbocycles. The molecule has 0 radical (unpaired) electrons. The van der Waals surface area contributed by atoms with Crippen LogP contribution in [0.25, 0.3) is 65.3 Å². The van der Waals surface area contributed by atoms with Crippen LogP contribution in [0.1, 0.15) is 0 Å². The zero-order chi connectivity index (χ0) is 26.9. The van der Waals surface area contributed by atoms with Gasteiger partial charge < -0.3 is 0 Å². The second-order valence-corrected chi connectivity index (χ2v) is 13.2. The van der Waals surface area contributed by atoms with Crippen molar-refractivity contribution in [3.8, 4) is 22.3 Å². The van der Waals surface area contributed by atoms with E-state index in [4.69, 9.17) is 0 Å². The molecule has 0 saturated heterocycles. The number of fused-ring (bicyclic) bond motifs is 6. The molecule has 0 unspecified atom stereocenters. The van der Waals surface area contributed by atoms with E-state index in [0.29, 0.717) is 0 Å². The highest BCUT2D eigenvalue weighted by molar-refractivity contribution is 7.80. The molecule has 0 bridgehead atoms. The molecule has 8 aromatic carbocycles. The van der Waals surface area contributed by atoms with E-state index in [9.17, 15) is 0 Å². The molecule has 0 saturated carbocycles. The van der Waals surface area contributed by atoms with Gasteiger partial charge in [-0.05, 0) is 113 Å². The van der Waals surface area contributed by atoms with Gasteiger partial charge >= 0.3 is 0 Å². The van der Waals surface area contributed by atoms with Crippen molar-refractivity contribution >= 4 is 66.9 Å². The summed E-state index contributed by atoms with van der Waals surface area (Å²) < 4.78 is 0. The van der Waals surface area contributed by atoms with Gasteiger partial charge in [-0.3, -0.25) is 0 Å². The summed E-state index contributed by atoms with van der Waals surface area (Å²) >= 11 is 0. The summed E-state index contributed by atoms with van der Waals surface area (Å²) in [6, 6.07) is 56.8.